The largest absolute Gasteiger partial charge is 0.383 e. The quantitative estimate of drug-likeness (QED) is 0.386. The second kappa shape index (κ2) is 7.18. The van der Waals surface area contributed by atoms with Crippen LogP contribution in [-0.4, -0.2) is 21.2 Å². The maximum Gasteiger partial charge on any atom is 0.323 e. The van der Waals surface area contributed by atoms with Crippen molar-refractivity contribution in [3.05, 3.63) is 65.9 Å². The van der Waals surface area contributed by atoms with Gasteiger partial charge in [0, 0.05) is 23.0 Å². The number of aromatic amines is 1. The van der Waals surface area contributed by atoms with E-state index in [9.17, 15) is 4.79 Å². The van der Waals surface area contributed by atoms with Crippen LogP contribution in [0.1, 0.15) is 30.0 Å². The Labute approximate surface area is 173 Å². The Bertz CT molecular complexity index is 1240. The van der Waals surface area contributed by atoms with Crippen molar-refractivity contribution in [2.24, 2.45) is 0 Å². The second-order valence-corrected chi connectivity index (χ2v) is 7.73. The van der Waals surface area contributed by atoms with Crippen LogP contribution in [0.4, 0.5) is 22.0 Å². The molecule has 2 amide bonds. The summed E-state index contributed by atoms with van der Waals surface area (Å²) in [7, 11) is 0. The Hall–Kier alpha value is -3.87. The monoisotopic (exact) mass is 398 g/mol. The molecule has 0 aliphatic heterocycles. The highest BCUT2D eigenvalue weighted by atomic mass is 16.2. The Kier molecular flexibility index (Phi) is 4.35. The number of benzene rings is 2. The van der Waals surface area contributed by atoms with Crippen molar-refractivity contribution in [3.63, 3.8) is 0 Å². The number of aromatic nitrogens is 3. The van der Waals surface area contributed by atoms with Gasteiger partial charge in [-0.05, 0) is 66.8 Å². The van der Waals surface area contributed by atoms with Crippen molar-refractivity contribution in [1.82, 2.24) is 15.2 Å². The Balaban J connectivity index is 1.39. The zero-order chi connectivity index (χ0) is 20.7. The number of nitrogen functional groups attached to an aromatic ring is 1. The average molecular weight is 398 g/mol. The highest BCUT2D eigenvalue weighted by Gasteiger charge is 2.27. The van der Waals surface area contributed by atoms with Crippen LogP contribution >= 0.6 is 0 Å². The summed E-state index contributed by atoms with van der Waals surface area (Å²) in [5.74, 6) is 1.02. The molecule has 2 heterocycles. The Morgan fingerprint density at radius 1 is 1.07 bits per heavy atom. The van der Waals surface area contributed by atoms with E-state index in [0.717, 1.165) is 46.3 Å². The highest BCUT2D eigenvalue weighted by molar-refractivity contribution is 6.01. The second-order valence-electron chi connectivity index (χ2n) is 7.73. The van der Waals surface area contributed by atoms with Crippen LogP contribution in [0, 0.1) is 6.92 Å². The summed E-state index contributed by atoms with van der Waals surface area (Å²) >= 11 is 0. The lowest BCUT2D eigenvalue weighted by atomic mass is 10.0. The first-order chi connectivity index (χ1) is 14.6. The maximum atomic E-state index is 12.3. The van der Waals surface area contributed by atoms with Gasteiger partial charge in [-0.25, -0.2) is 9.78 Å². The lowest BCUT2D eigenvalue weighted by Crippen LogP contribution is -2.19. The first kappa shape index (κ1) is 18.2. The van der Waals surface area contributed by atoms with Crippen LogP contribution in [0.15, 0.2) is 54.6 Å². The van der Waals surface area contributed by atoms with Gasteiger partial charge >= 0.3 is 6.03 Å². The molecule has 2 aromatic heterocycles. The first-order valence-corrected chi connectivity index (χ1v) is 9.96. The van der Waals surface area contributed by atoms with Gasteiger partial charge in [0.2, 0.25) is 0 Å². The fraction of sp³-hybridized carbons (Fsp3) is 0.174. The van der Waals surface area contributed by atoms with Gasteiger partial charge in [0.25, 0.3) is 0 Å². The molecule has 0 bridgehead atoms. The normalized spacial score (nSPS) is 13.4. The number of fused-ring (bicyclic) bond motifs is 1. The first-order valence-electron chi connectivity index (χ1n) is 9.96. The lowest BCUT2D eigenvalue weighted by molar-refractivity contribution is 0.262. The van der Waals surface area contributed by atoms with Gasteiger partial charge in [-0.3, -0.25) is 5.10 Å². The molecule has 0 saturated heterocycles. The number of hydrogen-bond acceptors (Lipinski definition) is 4. The Morgan fingerprint density at radius 3 is 2.57 bits per heavy atom. The van der Waals surface area contributed by atoms with Crippen molar-refractivity contribution >= 4 is 34.3 Å². The molecule has 30 heavy (non-hydrogen) atoms. The van der Waals surface area contributed by atoms with E-state index < -0.39 is 0 Å². The number of urea groups is 1. The summed E-state index contributed by atoms with van der Waals surface area (Å²) in [5, 5.41) is 13.6. The molecular weight excluding hydrogens is 376 g/mol. The molecule has 0 unspecified atom stereocenters. The van der Waals surface area contributed by atoms with Gasteiger partial charge in [-0.1, -0.05) is 24.3 Å². The molecule has 1 saturated carbocycles. The van der Waals surface area contributed by atoms with E-state index in [-0.39, 0.29) is 6.03 Å². The number of nitrogens with two attached hydrogens (primary N) is 1. The van der Waals surface area contributed by atoms with E-state index in [1.54, 1.807) is 0 Å². The molecule has 5 rings (SSSR count). The average Bonchev–Trinajstić information content (AvgIpc) is 3.51. The summed E-state index contributed by atoms with van der Waals surface area (Å²) in [6, 6.07) is 17.2. The van der Waals surface area contributed by atoms with Gasteiger partial charge in [0.1, 0.15) is 5.82 Å². The summed E-state index contributed by atoms with van der Waals surface area (Å²) in [5.41, 5.74) is 12.4. The van der Waals surface area contributed by atoms with Crippen molar-refractivity contribution in [2.75, 3.05) is 16.4 Å². The number of carbonyl (C=O) groups is 1. The minimum absolute atomic E-state index is 0.283. The van der Waals surface area contributed by atoms with Crippen LogP contribution in [-0.2, 0) is 0 Å². The standard InChI is InChI=1S/C23H22N6O/c1-13-3-2-4-17(11-13)26-23(30)25-16-9-7-14(8-10-16)18-12-19(15-5-6-15)27-22-20(18)21(24)28-29-22/h2-4,7-12,15H,5-6H2,1H3,(H2,25,26,30)(H3,24,27,28,29). The van der Waals surface area contributed by atoms with Crippen molar-refractivity contribution in [3.8, 4) is 11.1 Å². The van der Waals surface area contributed by atoms with E-state index in [2.05, 4.69) is 31.9 Å². The zero-order valence-electron chi connectivity index (χ0n) is 16.6. The third kappa shape index (κ3) is 3.57. The maximum absolute atomic E-state index is 12.3. The molecule has 0 spiro atoms. The predicted octanol–water partition coefficient (Wildman–Crippen LogP) is 5.04. The number of nitrogens with zero attached hydrogens (tertiary/aromatic N) is 2. The van der Waals surface area contributed by atoms with Gasteiger partial charge < -0.3 is 16.4 Å². The number of rotatable bonds is 4. The molecule has 7 nitrogen and oxygen atoms in total. The van der Waals surface area contributed by atoms with Gasteiger partial charge in [0.15, 0.2) is 5.65 Å². The molecular formula is C23H22N6O. The van der Waals surface area contributed by atoms with Gasteiger partial charge in [0.05, 0.1) is 5.39 Å². The third-order valence-electron chi connectivity index (χ3n) is 5.30. The summed E-state index contributed by atoms with van der Waals surface area (Å²) in [4.78, 5) is 17.0. The minimum atomic E-state index is -0.283. The molecule has 1 fully saturated rings. The van der Waals surface area contributed by atoms with Crippen LogP contribution < -0.4 is 16.4 Å². The number of anilines is 3. The smallest absolute Gasteiger partial charge is 0.323 e. The van der Waals surface area contributed by atoms with Crippen molar-refractivity contribution in [2.45, 2.75) is 25.7 Å². The lowest BCUT2D eigenvalue weighted by Gasteiger charge is -2.10. The Morgan fingerprint density at radius 2 is 1.83 bits per heavy atom. The SMILES string of the molecule is Cc1cccc(NC(=O)Nc2ccc(-c3cc(C4CC4)nc4n[nH]c(N)c34)cc2)c1. The molecule has 1 aliphatic carbocycles. The molecule has 4 aromatic rings. The third-order valence-corrected chi connectivity index (χ3v) is 5.30. The van der Waals surface area contributed by atoms with E-state index >= 15 is 0 Å². The number of aryl methyl sites for hydroxylation is 1. The molecule has 2 aromatic carbocycles. The number of nitrogens with one attached hydrogen (secondary N) is 3. The fourth-order valence-corrected chi connectivity index (χ4v) is 3.63. The molecule has 7 heteroatoms. The minimum Gasteiger partial charge on any atom is -0.383 e. The van der Waals surface area contributed by atoms with Crippen molar-refractivity contribution < 1.29 is 4.79 Å². The van der Waals surface area contributed by atoms with E-state index in [1.165, 1.54) is 0 Å². The highest BCUT2D eigenvalue weighted by Crippen LogP contribution is 2.42. The van der Waals surface area contributed by atoms with Gasteiger partial charge in [-0.15, -0.1) is 0 Å². The van der Waals surface area contributed by atoms with E-state index in [0.29, 0.717) is 23.1 Å². The predicted molar refractivity (Wildman–Crippen MR) is 120 cm³/mol. The number of amides is 2. The number of pyridine rings is 1. The number of hydrogen-bond donors (Lipinski definition) is 4. The van der Waals surface area contributed by atoms with Gasteiger partial charge in [-0.2, -0.15) is 5.10 Å². The summed E-state index contributed by atoms with van der Waals surface area (Å²) < 4.78 is 0. The molecule has 0 atom stereocenters. The number of carbonyl (C=O) groups excluding carboxylic acids is 1. The van der Waals surface area contributed by atoms with Crippen LogP contribution in [0.25, 0.3) is 22.2 Å². The van der Waals surface area contributed by atoms with Crippen LogP contribution in [0.5, 0.6) is 0 Å². The molecule has 0 radical (unpaired) electrons. The van der Waals surface area contributed by atoms with Crippen molar-refractivity contribution in [1.29, 1.82) is 0 Å². The summed E-state index contributed by atoms with van der Waals surface area (Å²) in [6.07, 6.45) is 2.33. The molecule has 1 aliphatic rings. The van der Waals surface area contributed by atoms with Crippen LogP contribution in [0.3, 0.4) is 0 Å². The topological polar surface area (TPSA) is 109 Å². The zero-order valence-corrected chi connectivity index (χ0v) is 16.6. The number of H-pyrrole nitrogens is 1. The van der Waals surface area contributed by atoms with E-state index in [4.69, 9.17) is 5.73 Å². The van der Waals surface area contributed by atoms with Crippen LogP contribution in [0.2, 0.25) is 0 Å². The molecule has 5 N–H and O–H groups in total. The summed E-state index contributed by atoms with van der Waals surface area (Å²) in [6.45, 7) is 1.99. The fourth-order valence-electron chi connectivity index (χ4n) is 3.63. The van der Waals surface area contributed by atoms with E-state index in [1.807, 2.05) is 55.5 Å². The molecule has 150 valence electrons.